The van der Waals surface area contributed by atoms with Crippen molar-refractivity contribution in [2.75, 3.05) is 0 Å². The maximum absolute atomic E-state index is 11.5. The zero-order valence-electron chi connectivity index (χ0n) is 9.70. The van der Waals surface area contributed by atoms with Gasteiger partial charge in [-0.15, -0.1) is 0 Å². The average molecular weight is 258 g/mol. The topological polar surface area (TPSA) is 124 Å². The van der Waals surface area contributed by atoms with Crippen molar-refractivity contribution < 1.29 is 19.8 Å². The third-order valence-corrected chi connectivity index (χ3v) is 2.17. The van der Waals surface area contributed by atoms with Crippen LogP contribution in [0.15, 0.2) is 47.7 Å². The maximum Gasteiger partial charge on any atom is 0.263 e. The minimum absolute atomic E-state index is 0.348. The largest absolute Gasteiger partial charge is 0.507 e. The lowest BCUT2D eigenvalue weighted by atomic mass is 10.1. The van der Waals surface area contributed by atoms with Crippen LogP contribution >= 0.6 is 0 Å². The van der Waals surface area contributed by atoms with Gasteiger partial charge in [0.25, 0.3) is 5.91 Å². The molecule has 19 heavy (non-hydrogen) atoms. The summed E-state index contributed by atoms with van der Waals surface area (Å²) in [7, 11) is 0. The molecular formula is C13H10N2O4. The molecule has 0 aliphatic rings. The second kappa shape index (κ2) is 6.02. The molecule has 0 fully saturated rings. The van der Waals surface area contributed by atoms with Gasteiger partial charge in [0, 0.05) is 11.6 Å². The number of hydrogen-bond acceptors (Lipinski definition) is 5. The molecule has 1 amide bonds. The fourth-order valence-corrected chi connectivity index (χ4v) is 1.23. The Labute approximate surface area is 108 Å². The van der Waals surface area contributed by atoms with E-state index in [-0.39, 0.29) is 0 Å². The Kier molecular flexibility index (Phi) is 4.44. The van der Waals surface area contributed by atoms with Gasteiger partial charge in [-0.05, 0) is 0 Å². The molecule has 4 N–H and O–H groups in total. The molecule has 0 aromatic heterocycles. The molecule has 0 bridgehead atoms. The normalized spacial score (nSPS) is 12.3. The van der Waals surface area contributed by atoms with Crippen molar-refractivity contribution in [1.29, 1.82) is 5.26 Å². The number of aliphatic hydroxyl groups is 2. The van der Waals surface area contributed by atoms with Crippen LogP contribution in [0, 0.1) is 11.3 Å². The minimum Gasteiger partial charge on any atom is -0.507 e. The smallest absolute Gasteiger partial charge is 0.263 e. The number of benzene rings is 1. The highest BCUT2D eigenvalue weighted by atomic mass is 16.3. The van der Waals surface area contributed by atoms with Gasteiger partial charge in [-0.3, -0.25) is 9.59 Å². The lowest BCUT2D eigenvalue weighted by Crippen LogP contribution is -2.17. The van der Waals surface area contributed by atoms with Crippen LogP contribution in [-0.4, -0.2) is 21.9 Å². The van der Waals surface area contributed by atoms with Gasteiger partial charge < -0.3 is 15.9 Å². The summed E-state index contributed by atoms with van der Waals surface area (Å²) < 4.78 is 0. The number of primary amides is 1. The van der Waals surface area contributed by atoms with Gasteiger partial charge in [-0.2, -0.15) is 5.26 Å². The third kappa shape index (κ3) is 3.44. The fraction of sp³-hybridized carbons (Fsp3) is 0. The van der Waals surface area contributed by atoms with Gasteiger partial charge in [-0.25, -0.2) is 0 Å². The predicted molar refractivity (Wildman–Crippen MR) is 66.5 cm³/mol. The van der Waals surface area contributed by atoms with Gasteiger partial charge >= 0.3 is 0 Å². The summed E-state index contributed by atoms with van der Waals surface area (Å²) in [6.45, 7) is 0. The van der Waals surface area contributed by atoms with E-state index in [0.29, 0.717) is 11.6 Å². The molecule has 0 spiro atoms. The molecule has 0 saturated heterocycles. The zero-order valence-corrected chi connectivity index (χ0v) is 9.70. The Morgan fingerprint density at radius 1 is 1.21 bits per heavy atom. The van der Waals surface area contributed by atoms with Crippen molar-refractivity contribution in [1.82, 2.24) is 0 Å². The number of amides is 1. The van der Waals surface area contributed by atoms with E-state index < -0.39 is 28.8 Å². The van der Waals surface area contributed by atoms with Crippen molar-refractivity contribution in [2.45, 2.75) is 0 Å². The number of allylic oxidation sites excluding steroid dienone is 1. The van der Waals surface area contributed by atoms with Crippen LogP contribution in [0.2, 0.25) is 0 Å². The summed E-state index contributed by atoms with van der Waals surface area (Å²) >= 11 is 0. The second-order valence-corrected chi connectivity index (χ2v) is 3.46. The van der Waals surface area contributed by atoms with E-state index in [1.54, 1.807) is 30.3 Å². The summed E-state index contributed by atoms with van der Waals surface area (Å²) in [5.74, 6) is -3.81. The summed E-state index contributed by atoms with van der Waals surface area (Å²) in [5.41, 5.74) is 4.30. The van der Waals surface area contributed by atoms with E-state index in [4.69, 9.17) is 11.0 Å². The van der Waals surface area contributed by atoms with Gasteiger partial charge in [-0.1, -0.05) is 30.3 Å². The molecule has 0 heterocycles. The molecule has 1 aromatic carbocycles. The van der Waals surface area contributed by atoms with E-state index in [1.807, 2.05) is 0 Å². The molecule has 6 heteroatoms. The lowest BCUT2D eigenvalue weighted by Gasteiger charge is -2.00. The maximum atomic E-state index is 11.5. The minimum atomic E-state index is -1.22. The van der Waals surface area contributed by atoms with Crippen molar-refractivity contribution in [3.63, 3.8) is 0 Å². The van der Waals surface area contributed by atoms with Crippen LogP contribution in [0.5, 0.6) is 0 Å². The molecule has 1 aromatic rings. The number of carbonyl (C=O) groups is 2. The molecule has 0 radical (unpaired) electrons. The Morgan fingerprint density at radius 2 is 1.79 bits per heavy atom. The second-order valence-electron chi connectivity index (χ2n) is 3.46. The number of rotatable bonds is 4. The summed E-state index contributed by atoms with van der Waals surface area (Å²) in [5, 5.41) is 27.6. The number of carbonyl (C=O) groups excluding carboxylic acids is 2. The molecule has 1 rings (SSSR count). The lowest BCUT2D eigenvalue weighted by molar-refractivity contribution is -0.116. The van der Waals surface area contributed by atoms with Crippen molar-refractivity contribution in [3.05, 3.63) is 53.3 Å². The SMILES string of the molecule is N#C/C(C(N)=O)=C(/O)C(=O)/C=C(\O)c1ccccc1. The first-order chi connectivity index (χ1) is 8.97. The summed E-state index contributed by atoms with van der Waals surface area (Å²) in [6, 6.07) is 9.40. The standard InChI is InChI=1S/C13H10N2O4/c14-7-9(13(15)19)12(18)11(17)6-10(16)8-4-2-1-3-5-8/h1-6,16,18H,(H2,15,19)/b10-6-,12-9-. The Hall–Kier alpha value is -3.07. The fourth-order valence-electron chi connectivity index (χ4n) is 1.23. The Balaban J connectivity index is 3.10. The zero-order chi connectivity index (χ0) is 14.4. The number of hydrogen-bond donors (Lipinski definition) is 3. The molecule has 6 nitrogen and oxygen atoms in total. The van der Waals surface area contributed by atoms with Crippen LogP contribution in [0.3, 0.4) is 0 Å². The van der Waals surface area contributed by atoms with Crippen LogP contribution in [0.4, 0.5) is 0 Å². The first-order valence-corrected chi connectivity index (χ1v) is 5.11. The molecule has 0 aliphatic heterocycles. The summed E-state index contributed by atoms with van der Waals surface area (Å²) in [4.78, 5) is 22.3. The quantitative estimate of drug-likeness (QED) is 0.421. The monoisotopic (exact) mass is 258 g/mol. The van der Waals surface area contributed by atoms with Crippen LogP contribution in [0.25, 0.3) is 5.76 Å². The van der Waals surface area contributed by atoms with Gasteiger partial charge in [0.1, 0.15) is 11.8 Å². The van der Waals surface area contributed by atoms with Gasteiger partial charge in [0.2, 0.25) is 5.78 Å². The first-order valence-electron chi connectivity index (χ1n) is 5.11. The Morgan fingerprint density at radius 3 is 2.26 bits per heavy atom. The Bertz CT molecular complexity index is 609. The molecule has 96 valence electrons. The van der Waals surface area contributed by atoms with E-state index >= 15 is 0 Å². The predicted octanol–water partition coefficient (Wildman–Crippen LogP) is 0.976. The molecule has 0 saturated carbocycles. The van der Waals surface area contributed by atoms with Crippen molar-refractivity contribution >= 4 is 17.4 Å². The number of aliphatic hydroxyl groups excluding tert-OH is 2. The number of nitrogens with zero attached hydrogens (tertiary/aromatic N) is 1. The average Bonchev–Trinajstić information content (AvgIpc) is 2.39. The number of ketones is 1. The van der Waals surface area contributed by atoms with E-state index in [1.165, 1.54) is 6.07 Å². The number of nitrogens with two attached hydrogens (primary N) is 1. The summed E-state index contributed by atoms with van der Waals surface area (Å²) in [6.07, 6.45) is 0.699. The highest BCUT2D eigenvalue weighted by Gasteiger charge is 2.17. The van der Waals surface area contributed by atoms with E-state index in [9.17, 15) is 19.8 Å². The van der Waals surface area contributed by atoms with E-state index in [0.717, 1.165) is 0 Å². The molecule has 0 atom stereocenters. The van der Waals surface area contributed by atoms with Crippen molar-refractivity contribution in [3.8, 4) is 6.07 Å². The molecule has 0 aliphatic carbocycles. The van der Waals surface area contributed by atoms with Crippen LogP contribution < -0.4 is 5.73 Å². The third-order valence-electron chi connectivity index (χ3n) is 2.17. The molecular weight excluding hydrogens is 248 g/mol. The molecule has 0 unspecified atom stereocenters. The highest BCUT2D eigenvalue weighted by Crippen LogP contribution is 2.12. The van der Waals surface area contributed by atoms with Gasteiger partial charge in [0.15, 0.2) is 11.3 Å². The van der Waals surface area contributed by atoms with Crippen LogP contribution in [0.1, 0.15) is 5.56 Å². The van der Waals surface area contributed by atoms with Gasteiger partial charge in [0.05, 0.1) is 0 Å². The highest BCUT2D eigenvalue weighted by molar-refractivity contribution is 6.12. The first kappa shape index (κ1) is 14.0. The number of nitriles is 1. The van der Waals surface area contributed by atoms with Crippen LogP contribution in [-0.2, 0) is 9.59 Å². The van der Waals surface area contributed by atoms with E-state index in [2.05, 4.69) is 0 Å². The van der Waals surface area contributed by atoms with Crippen molar-refractivity contribution in [2.24, 2.45) is 5.73 Å².